The number of carbonyl (C=O) groups is 1. The maximum Gasteiger partial charge on any atom is 0.227 e. The molecule has 0 bridgehead atoms. The first-order valence-electron chi connectivity index (χ1n) is 16.0. The number of hydrogen-bond acceptors (Lipinski definition) is 12. The van der Waals surface area contributed by atoms with Gasteiger partial charge in [-0.15, -0.1) is 0 Å². The SMILES string of the molecule is CC(C)(CC[C@@H](O)[C@](C)(O)[C@H]1CC=C2C3=C(CC[C@@]21C)[C@@]1(C)C[C@H](O)[C@H](O)CC1=C(O)C3=O)O[C@@H]1O[C@H](CO)[C@@H](O)[C@H](O)[C@H]1O. The van der Waals surface area contributed by atoms with E-state index in [9.17, 15) is 50.8 Å². The number of fused-ring (bicyclic) bond motifs is 4. The van der Waals surface area contributed by atoms with Gasteiger partial charge in [-0.2, -0.15) is 0 Å². The molecule has 1 aliphatic heterocycles. The van der Waals surface area contributed by atoms with E-state index < -0.39 is 89.4 Å². The first kappa shape index (κ1) is 34.6. The molecule has 12 nitrogen and oxygen atoms in total. The van der Waals surface area contributed by atoms with E-state index in [1.165, 1.54) is 0 Å². The molecular formula is C33H50O12. The second-order valence-corrected chi connectivity index (χ2v) is 15.1. The molecule has 0 aromatic rings. The number of Topliss-reactive ketones (excluding diaryl/α,β-unsaturated/α-hetero) is 1. The Hall–Kier alpha value is -1.71. The van der Waals surface area contributed by atoms with Crippen LogP contribution in [-0.4, -0.2) is 119 Å². The van der Waals surface area contributed by atoms with Crippen molar-refractivity contribution >= 4 is 5.78 Å². The van der Waals surface area contributed by atoms with Gasteiger partial charge in [0.2, 0.25) is 5.78 Å². The largest absolute Gasteiger partial charge is 0.504 e. The fraction of sp³-hybridized carbons (Fsp3) is 0.788. The molecule has 5 rings (SSSR count). The molecule has 0 radical (unpaired) electrons. The molecule has 0 spiro atoms. The zero-order valence-electron chi connectivity index (χ0n) is 26.7. The molecule has 1 saturated carbocycles. The van der Waals surface area contributed by atoms with Crippen LogP contribution in [0.5, 0.6) is 0 Å². The number of carbonyl (C=O) groups excluding carboxylic acids is 1. The van der Waals surface area contributed by atoms with Crippen LogP contribution in [0.1, 0.15) is 79.6 Å². The minimum Gasteiger partial charge on any atom is -0.504 e. The van der Waals surface area contributed by atoms with Gasteiger partial charge in [0.15, 0.2) is 12.0 Å². The maximum absolute atomic E-state index is 13.6. The molecule has 12 heteroatoms. The van der Waals surface area contributed by atoms with Crippen LogP contribution in [0, 0.1) is 16.7 Å². The van der Waals surface area contributed by atoms with E-state index in [0.29, 0.717) is 30.4 Å². The van der Waals surface area contributed by atoms with E-state index >= 15 is 0 Å². The average molecular weight is 639 g/mol. The lowest BCUT2D eigenvalue weighted by molar-refractivity contribution is -0.324. The maximum atomic E-state index is 13.6. The number of ketones is 1. The van der Waals surface area contributed by atoms with Gasteiger partial charge in [0.1, 0.15) is 24.4 Å². The summed E-state index contributed by atoms with van der Waals surface area (Å²) in [5, 5.41) is 95.2. The van der Waals surface area contributed by atoms with Gasteiger partial charge in [-0.25, -0.2) is 0 Å². The lowest BCUT2D eigenvalue weighted by Gasteiger charge is -2.52. The average Bonchev–Trinajstić information content (AvgIpc) is 3.34. The molecule has 12 atom stereocenters. The van der Waals surface area contributed by atoms with Crippen molar-refractivity contribution in [1.29, 1.82) is 0 Å². The molecular weight excluding hydrogens is 588 g/mol. The van der Waals surface area contributed by atoms with Crippen LogP contribution in [0.2, 0.25) is 0 Å². The molecule has 0 amide bonds. The number of aliphatic hydroxyl groups excluding tert-OH is 8. The highest BCUT2D eigenvalue weighted by Gasteiger charge is 2.59. The summed E-state index contributed by atoms with van der Waals surface area (Å²) in [5.41, 5.74) is -1.64. The van der Waals surface area contributed by atoms with Crippen molar-refractivity contribution in [3.8, 4) is 0 Å². The summed E-state index contributed by atoms with van der Waals surface area (Å²) in [6, 6.07) is 0. The van der Waals surface area contributed by atoms with E-state index in [-0.39, 0.29) is 31.4 Å². The van der Waals surface area contributed by atoms with Gasteiger partial charge >= 0.3 is 0 Å². The van der Waals surface area contributed by atoms with Crippen molar-refractivity contribution < 1.29 is 60.2 Å². The summed E-state index contributed by atoms with van der Waals surface area (Å²) in [4.78, 5) is 13.6. The minimum atomic E-state index is -1.60. The first-order chi connectivity index (χ1) is 20.8. The predicted molar refractivity (Wildman–Crippen MR) is 159 cm³/mol. The second-order valence-electron chi connectivity index (χ2n) is 15.1. The lowest BCUT2D eigenvalue weighted by Crippen LogP contribution is -2.60. The van der Waals surface area contributed by atoms with Crippen LogP contribution < -0.4 is 0 Å². The Morgan fingerprint density at radius 1 is 1.04 bits per heavy atom. The van der Waals surface area contributed by atoms with Crippen molar-refractivity contribution in [2.75, 3.05) is 6.61 Å². The third-order valence-electron chi connectivity index (χ3n) is 11.6. The van der Waals surface area contributed by atoms with Gasteiger partial charge in [-0.05, 0) is 81.4 Å². The Balaban J connectivity index is 1.31. The summed E-state index contributed by atoms with van der Waals surface area (Å²) in [6.45, 7) is 8.27. The van der Waals surface area contributed by atoms with Crippen LogP contribution in [-0.2, 0) is 14.3 Å². The quantitative estimate of drug-likeness (QED) is 0.177. The van der Waals surface area contributed by atoms with Crippen molar-refractivity contribution in [3.05, 3.63) is 34.1 Å². The number of hydrogen-bond donors (Lipinski definition) is 9. The number of ether oxygens (including phenoxy) is 2. The zero-order chi connectivity index (χ0) is 33.4. The second kappa shape index (κ2) is 11.8. The molecule has 1 saturated heterocycles. The molecule has 5 aliphatic rings. The van der Waals surface area contributed by atoms with Gasteiger partial charge in [-0.1, -0.05) is 19.9 Å². The zero-order valence-corrected chi connectivity index (χ0v) is 26.7. The summed E-state index contributed by atoms with van der Waals surface area (Å²) < 4.78 is 11.4. The van der Waals surface area contributed by atoms with Gasteiger partial charge in [-0.3, -0.25) is 4.79 Å². The van der Waals surface area contributed by atoms with Gasteiger partial charge in [0.05, 0.1) is 36.1 Å². The van der Waals surface area contributed by atoms with Crippen molar-refractivity contribution in [1.82, 2.24) is 0 Å². The van der Waals surface area contributed by atoms with E-state index in [2.05, 4.69) is 0 Å². The van der Waals surface area contributed by atoms with Gasteiger partial charge in [0.25, 0.3) is 0 Å². The normalized spacial score (nSPS) is 42.5. The highest BCUT2D eigenvalue weighted by Crippen LogP contribution is 2.63. The van der Waals surface area contributed by atoms with Crippen LogP contribution >= 0.6 is 0 Å². The number of rotatable bonds is 8. The summed E-state index contributed by atoms with van der Waals surface area (Å²) in [7, 11) is 0. The molecule has 0 unspecified atom stereocenters. The standard InChI is InChI=1S/C33H50O12/c1-30(2,45-29-28(42)27(41)25(39)20(14-34)44-29)10-9-22(37)33(5,43)21-7-6-15-23-16(8-11-31(15,21)3)32(4)13-19(36)18(35)12-17(32)24(38)26(23)40/h6,18-22,25,27-29,34-39,41-43H,7-14H2,1-5H3/t18-,19+,20-,21+,22-,25-,27+,28-,29+,31+,32-,33-/m1/s1. The van der Waals surface area contributed by atoms with Crippen molar-refractivity contribution in [3.63, 3.8) is 0 Å². The number of aliphatic hydroxyl groups is 9. The molecule has 1 heterocycles. The van der Waals surface area contributed by atoms with E-state index in [1.54, 1.807) is 20.8 Å². The smallest absolute Gasteiger partial charge is 0.227 e. The van der Waals surface area contributed by atoms with Crippen LogP contribution in [0.15, 0.2) is 34.1 Å². The van der Waals surface area contributed by atoms with Gasteiger partial charge in [0, 0.05) is 23.3 Å². The molecule has 9 N–H and O–H groups in total. The summed E-state index contributed by atoms with van der Waals surface area (Å²) in [6.07, 6.45) is -6.51. The number of allylic oxidation sites excluding steroid dienone is 4. The van der Waals surface area contributed by atoms with Crippen molar-refractivity contribution in [2.45, 2.75) is 140 Å². The topological polar surface area (TPSA) is 218 Å². The van der Waals surface area contributed by atoms with Crippen molar-refractivity contribution in [2.24, 2.45) is 16.7 Å². The third kappa shape index (κ3) is 5.54. The highest BCUT2D eigenvalue weighted by molar-refractivity contribution is 6.12. The molecule has 0 aromatic heterocycles. The van der Waals surface area contributed by atoms with Crippen LogP contribution in [0.25, 0.3) is 0 Å². The highest BCUT2D eigenvalue weighted by atomic mass is 16.7. The summed E-state index contributed by atoms with van der Waals surface area (Å²) >= 11 is 0. The Labute approximate surface area is 263 Å². The Morgan fingerprint density at radius 2 is 1.71 bits per heavy atom. The molecule has 4 aliphatic carbocycles. The van der Waals surface area contributed by atoms with E-state index in [0.717, 1.165) is 11.1 Å². The first-order valence-corrected chi connectivity index (χ1v) is 16.0. The monoisotopic (exact) mass is 638 g/mol. The predicted octanol–water partition coefficient (Wildman–Crippen LogP) is 0.433. The molecule has 0 aromatic carbocycles. The Bertz CT molecular complexity index is 1280. The minimum absolute atomic E-state index is 0.0162. The van der Waals surface area contributed by atoms with Crippen LogP contribution in [0.4, 0.5) is 0 Å². The van der Waals surface area contributed by atoms with Crippen LogP contribution in [0.3, 0.4) is 0 Å². The molecule has 2 fully saturated rings. The van der Waals surface area contributed by atoms with Gasteiger partial charge < -0.3 is 55.4 Å². The Kier molecular flexibility index (Phi) is 9.05. The van der Waals surface area contributed by atoms with E-state index in [1.807, 2.05) is 19.9 Å². The molecule has 45 heavy (non-hydrogen) atoms. The fourth-order valence-electron chi connectivity index (χ4n) is 8.69. The van der Waals surface area contributed by atoms with E-state index in [4.69, 9.17) is 9.47 Å². The Morgan fingerprint density at radius 3 is 2.36 bits per heavy atom. The lowest BCUT2D eigenvalue weighted by atomic mass is 9.53. The summed E-state index contributed by atoms with van der Waals surface area (Å²) in [5.74, 6) is -1.36. The third-order valence-corrected chi connectivity index (χ3v) is 11.6. The fourth-order valence-corrected chi connectivity index (χ4v) is 8.69. The molecule has 254 valence electrons.